The molecule has 1 heterocycles. The SMILES string of the molecule is Cc1ccc(C)c(-n2c(-c3ccccc3)nn(CC(=O)Nc3c(Cl)cccc3Cl)c2=S)c1. The second kappa shape index (κ2) is 9.28. The number of aromatic nitrogens is 3. The molecule has 1 aromatic heterocycles. The highest BCUT2D eigenvalue weighted by Gasteiger charge is 2.18. The van der Waals surface area contributed by atoms with Gasteiger partial charge in [-0.15, -0.1) is 0 Å². The number of nitrogens with zero attached hydrogens (tertiary/aromatic N) is 3. The minimum Gasteiger partial charge on any atom is -0.322 e. The van der Waals surface area contributed by atoms with E-state index in [1.54, 1.807) is 18.2 Å². The molecule has 5 nitrogen and oxygen atoms in total. The minimum atomic E-state index is -0.332. The van der Waals surface area contributed by atoms with Gasteiger partial charge in [-0.3, -0.25) is 9.36 Å². The van der Waals surface area contributed by atoms with Gasteiger partial charge in [-0.1, -0.05) is 71.7 Å². The van der Waals surface area contributed by atoms with Crippen molar-refractivity contribution in [3.63, 3.8) is 0 Å². The second-order valence-electron chi connectivity index (χ2n) is 7.40. The van der Waals surface area contributed by atoms with E-state index in [4.69, 9.17) is 40.5 Å². The largest absolute Gasteiger partial charge is 0.322 e. The maximum absolute atomic E-state index is 12.8. The topological polar surface area (TPSA) is 51.9 Å². The zero-order valence-corrected chi connectivity index (χ0v) is 19.8. The van der Waals surface area contributed by atoms with E-state index in [1.807, 2.05) is 54.8 Å². The number of nitrogens with one attached hydrogen (secondary N) is 1. The predicted octanol–water partition coefficient (Wildman–Crippen LogP) is 6.63. The molecule has 0 saturated heterocycles. The molecule has 0 radical (unpaired) electrons. The number of benzene rings is 3. The van der Waals surface area contributed by atoms with Gasteiger partial charge in [0.25, 0.3) is 0 Å². The van der Waals surface area contributed by atoms with Crippen LogP contribution >= 0.6 is 35.4 Å². The summed E-state index contributed by atoms with van der Waals surface area (Å²) < 4.78 is 3.83. The standard InChI is InChI=1S/C24H20Cl2N4OS/c1-15-11-12-16(2)20(13-15)30-23(17-7-4-3-5-8-17)28-29(24(30)32)14-21(31)27-22-18(25)9-6-10-19(22)26/h3-13H,14H2,1-2H3,(H,27,31). The van der Waals surface area contributed by atoms with Crippen LogP contribution in [0.3, 0.4) is 0 Å². The van der Waals surface area contributed by atoms with Gasteiger partial charge in [-0.05, 0) is 55.4 Å². The molecule has 1 N–H and O–H groups in total. The molecule has 4 aromatic rings. The number of halogens is 2. The minimum absolute atomic E-state index is 0.0852. The predicted molar refractivity (Wildman–Crippen MR) is 132 cm³/mol. The van der Waals surface area contributed by atoms with E-state index in [9.17, 15) is 4.79 Å². The molecule has 0 aliphatic carbocycles. The van der Waals surface area contributed by atoms with Crippen molar-refractivity contribution in [1.82, 2.24) is 14.3 Å². The molecule has 0 aliphatic heterocycles. The van der Waals surface area contributed by atoms with Crippen LogP contribution in [-0.2, 0) is 11.3 Å². The van der Waals surface area contributed by atoms with E-state index in [0.29, 0.717) is 26.3 Å². The third-order valence-electron chi connectivity index (χ3n) is 5.00. The fraction of sp³-hybridized carbons (Fsp3) is 0.125. The number of anilines is 1. The van der Waals surface area contributed by atoms with Crippen molar-refractivity contribution < 1.29 is 4.79 Å². The Kier molecular flexibility index (Phi) is 6.46. The first kappa shape index (κ1) is 22.3. The van der Waals surface area contributed by atoms with Gasteiger partial charge in [0.15, 0.2) is 5.82 Å². The van der Waals surface area contributed by atoms with Crippen LogP contribution in [0.2, 0.25) is 10.0 Å². The Morgan fingerprint density at radius 3 is 2.38 bits per heavy atom. The van der Waals surface area contributed by atoms with E-state index in [-0.39, 0.29) is 12.5 Å². The molecule has 0 unspecified atom stereocenters. The number of para-hydroxylation sites is 1. The number of carbonyl (C=O) groups is 1. The number of carbonyl (C=O) groups excluding carboxylic acids is 1. The average Bonchev–Trinajstić information content (AvgIpc) is 3.09. The first-order valence-electron chi connectivity index (χ1n) is 9.92. The van der Waals surface area contributed by atoms with Crippen LogP contribution in [-0.4, -0.2) is 20.3 Å². The van der Waals surface area contributed by atoms with Crippen molar-refractivity contribution in [2.24, 2.45) is 0 Å². The fourth-order valence-electron chi connectivity index (χ4n) is 3.39. The van der Waals surface area contributed by atoms with Crippen molar-refractivity contribution >= 4 is 47.0 Å². The van der Waals surface area contributed by atoms with Crippen LogP contribution in [0.1, 0.15) is 11.1 Å². The van der Waals surface area contributed by atoms with Gasteiger partial charge in [0, 0.05) is 5.56 Å². The van der Waals surface area contributed by atoms with Crippen LogP contribution in [0.5, 0.6) is 0 Å². The Hall–Kier alpha value is -2.93. The lowest BCUT2D eigenvalue weighted by atomic mass is 10.1. The second-order valence-corrected chi connectivity index (χ2v) is 8.58. The Balaban J connectivity index is 1.77. The summed E-state index contributed by atoms with van der Waals surface area (Å²) in [6.45, 7) is 3.97. The van der Waals surface area contributed by atoms with Gasteiger partial charge in [0.1, 0.15) is 6.54 Å². The molecule has 0 atom stereocenters. The van der Waals surface area contributed by atoms with Crippen molar-refractivity contribution in [3.8, 4) is 17.1 Å². The molecule has 0 bridgehead atoms. The number of hydrogen-bond donors (Lipinski definition) is 1. The number of hydrogen-bond acceptors (Lipinski definition) is 3. The normalized spacial score (nSPS) is 10.9. The molecule has 0 saturated carbocycles. The van der Waals surface area contributed by atoms with Gasteiger partial charge in [0.2, 0.25) is 10.7 Å². The smallest absolute Gasteiger partial charge is 0.246 e. The average molecular weight is 483 g/mol. The monoisotopic (exact) mass is 482 g/mol. The van der Waals surface area contributed by atoms with Gasteiger partial charge in [0.05, 0.1) is 21.4 Å². The van der Waals surface area contributed by atoms with Crippen molar-refractivity contribution in [2.75, 3.05) is 5.32 Å². The van der Waals surface area contributed by atoms with Crippen molar-refractivity contribution in [2.45, 2.75) is 20.4 Å². The molecule has 162 valence electrons. The lowest BCUT2D eigenvalue weighted by Crippen LogP contribution is -2.20. The van der Waals surface area contributed by atoms with Gasteiger partial charge in [-0.2, -0.15) is 5.10 Å². The summed E-state index contributed by atoms with van der Waals surface area (Å²) in [5.41, 5.74) is 4.34. The Bertz CT molecular complexity index is 1340. The number of rotatable bonds is 5. The molecule has 32 heavy (non-hydrogen) atoms. The third kappa shape index (κ3) is 4.48. The Morgan fingerprint density at radius 1 is 1.00 bits per heavy atom. The first-order valence-corrected chi connectivity index (χ1v) is 11.1. The van der Waals surface area contributed by atoms with Gasteiger partial charge in [-0.25, -0.2) is 4.68 Å². The highest BCUT2D eigenvalue weighted by molar-refractivity contribution is 7.71. The highest BCUT2D eigenvalue weighted by atomic mass is 35.5. The van der Waals surface area contributed by atoms with Crippen LogP contribution in [0.4, 0.5) is 5.69 Å². The lowest BCUT2D eigenvalue weighted by Gasteiger charge is -2.11. The van der Waals surface area contributed by atoms with Crippen LogP contribution < -0.4 is 5.32 Å². The zero-order chi connectivity index (χ0) is 22.8. The summed E-state index contributed by atoms with van der Waals surface area (Å²) in [6.07, 6.45) is 0. The van der Waals surface area contributed by atoms with E-state index in [1.165, 1.54) is 4.68 Å². The summed E-state index contributed by atoms with van der Waals surface area (Å²) in [6, 6.07) is 21.0. The quantitative estimate of drug-likeness (QED) is 0.324. The van der Waals surface area contributed by atoms with Crippen molar-refractivity contribution in [3.05, 3.63) is 92.7 Å². The molecular weight excluding hydrogens is 463 g/mol. The molecule has 1 amide bonds. The van der Waals surface area contributed by atoms with E-state index in [2.05, 4.69) is 17.4 Å². The number of amides is 1. The zero-order valence-electron chi connectivity index (χ0n) is 17.5. The van der Waals surface area contributed by atoms with Gasteiger partial charge < -0.3 is 5.32 Å². The molecule has 0 fully saturated rings. The maximum Gasteiger partial charge on any atom is 0.246 e. The molecule has 3 aromatic carbocycles. The van der Waals surface area contributed by atoms with Crippen LogP contribution in [0.15, 0.2) is 66.7 Å². The fourth-order valence-corrected chi connectivity index (χ4v) is 4.18. The van der Waals surface area contributed by atoms with Crippen LogP contribution in [0, 0.1) is 18.6 Å². The van der Waals surface area contributed by atoms with E-state index in [0.717, 1.165) is 22.4 Å². The maximum atomic E-state index is 12.8. The Morgan fingerprint density at radius 2 is 1.69 bits per heavy atom. The molecule has 8 heteroatoms. The molecule has 0 aliphatic rings. The van der Waals surface area contributed by atoms with E-state index >= 15 is 0 Å². The van der Waals surface area contributed by atoms with Crippen molar-refractivity contribution in [1.29, 1.82) is 0 Å². The summed E-state index contributed by atoms with van der Waals surface area (Å²) in [4.78, 5) is 12.8. The summed E-state index contributed by atoms with van der Waals surface area (Å²) in [5.74, 6) is 0.328. The van der Waals surface area contributed by atoms with Gasteiger partial charge >= 0.3 is 0 Å². The first-order chi connectivity index (χ1) is 15.3. The highest BCUT2D eigenvalue weighted by Crippen LogP contribution is 2.30. The molecule has 4 rings (SSSR count). The summed E-state index contributed by atoms with van der Waals surface area (Å²) in [5, 5.41) is 8.19. The molecule has 0 spiro atoms. The summed E-state index contributed by atoms with van der Waals surface area (Å²) >= 11 is 18.1. The molecular formula is C24H20Cl2N4OS. The lowest BCUT2D eigenvalue weighted by molar-refractivity contribution is -0.116. The summed E-state index contributed by atoms with van der Waals surface area (Å²) in [7, 11) is 0. The Labute approximate surface area is 201 Å². The van der Waals surface area contributed by atoms with Crippen LogP contribution in [0.25, 0.3) is 17.1 Å². The number of aryl methyl sites for hydroxylation is 2. The third-order valence-corrected chi connectivity index (χ3v) is 6.02. The van der Waals surface area contributed by atoms with E-state index < -0.39 is 0 Å².